The first kappa shape index (κ1) is 15.1. The average Bonchev–Trinajstić information content (AvgIpc) is 2.24. The van der Waals surface area contributed by atoms with Crippen molar-refractivity contribution in [2.45, 2.75) is 32.9 Å². The number of aromatic nitrogens is 1. The molecule has 5 nitrogen and oxygen atoms in total. The SMILES string of the molecule is [CH2]C(=O)c1ccnc(CNC(=O)OC(C)(C)C)c1F. The summed E-state index contributed by atoms with van der Waals surface area (Å²) < 4.78 is 18.8. The van der Waals surface area contributed by atoms with Crippen molar-refractivity contribution >= 4 is 11.9 Å². The zero-order chi connectivity index (χ0) is 14.6. The van der Waals surface area contributed by atoms with Gasteiger partial charge in [0.1, 0.15) is 5.60 Å². The normalized spacial score (nSPS) is 11.0. The van der Waals surface area contributed by atoms with Crippen LogP contribution < -0.4 is 5.32 Å². The minimum absolute atomic E-state index is 0.0413. The summed E-state index contributed by atoms with van der Waals surface area (Å²) in [4.78, 5) is 26.2. The second-order valence-corrected chi connectivity index (χ2v) is 4.90. The molecule has 0 bridgehead atoms. The Morgan fingerprint density at radius 1 is 1.47 bits per heavy atom. The van der Waals surface area contributed by atoms with Crippen molar-refractivity contribution in [3.05, 3.63) is 36.3 Å². The fourth-order valence-electron chi connectivity index (χ4n) is 1.30. The predicted octanol–water partition coefficient (Wildman–Crippen LogP) is 2.26. The highest BCUT2D eigenvalue weighted by atomic mass is 19.1. The minimum atomic E-state index is -0.779. The van der Waals surface area contributed by atoms with E-state index in [1.807, 2.05) is 0 Å². The molecule has 1 heterocycles. The molecule has 19 heavy (non-hydrogen) atoms. The fraction of sp³-hybridized carbons (Fsp3) is 0.385. The van der Waals surface area contributed by atoms with Crippen LogP contribution in [0.1, 0.15) is 36.8 Å². The van der Waals surface area contributed by atoms with Crippen LogP contribution in [0.15, 0.2) is 12.3 Å². The molecule has 0 aliphatic heterocycles. The lowest BCUT2D eigenvalue weighted by Gasteiger charge is -2.19. The fourth-order valence-corrected chi connectivity index (χ4v) is 1.30. The van der Waals surface area contributed by atoms with E-state index in [9.17, 15) is 14.0 Å². The maximum absolute atomic E-state index is 13.8. The van der Waals surface area contributed by atoms with Gasteiger partial charge in [-0.3, -0.25) is 9.78 Å². The second-order valence-electron chi connectivity index (χ2n) is 4.90. The topological polar surface area (TPSA) is 68.3 Å². The molecule has 6 heteroatoms. The van der Waals surface area contributed by atoms with Gasteiger partial charge in [0.2, 0.25) is 0 Å². The zero-order valence-corrected chi connectivity index (χ0v) is 11.1. The van der Waals surface area contributed by atoms with Crippen LogP contribution in [0.3, 0.4) is 0 Å². The number of rotatable bonds is 3. The molecule has 1 amide bonds. The number of nitrogens with one attached hydrogen (secondary N) is 1. The number of ether oxygens (including phenoxy) is 1. The van der Waals surface area contributed by atoms with Gasteiger partial charge in [-0.05, 0) is 26.8 Å². The smallest absolute Gasteiger partial charge is 0.407 e. The Kier molecular flexibility index (Phi) is 4.58. The van der Waals surface area contributed by atoms with E-state index in [0.717, 1.165) is 0 Å². The Morgan fingerprint density at radius 3 is 2.63 bits per heavy atom. The third-order valence-corrected chi connectivity index (χ3v) is 2.06. The molecule has 0 aliphatic rings. The molecule has 103 valence electrons. The Hall–Kier alpha value is -1.98. The summed E-state index contributed by atoms with van der Waals surface area (Å²) in [6.07, 6.45) is 0.605. The lowest BCUT2D eigenvalue weighted by Crippen LogP contribution is -2.32. The molecule has 1 aromatic rings. The minimum Gasteiger partial charge on any atom is -0.444 e. The van der Waals surface area contributed by atoms with Crippen LogP contribution in [0.4, 0.5) is 9.18 Å². The molecule has 0 unspecified atom stereocenters. The summed E-state index contributed by atoms with van der Waals surface area (Å²) in [5, 5.41) is 2.37. The third kappa shape index (κ3) is 4.65. The van der Waals surface area contributed by atoms with E-state index in [4.69, 9.17) is 4.74 Å². The monoisotopic (exact) mass is 267 g/mol. The zero-order valence-electron chi connectivity index (χ0n) is 11.1. The first-order valence-electron chi connectivity index (χ1n) is 5.67. The maximum Gasteiger partial charge on any atom is 0.407 e. The molecule has 0 atom stereocenters. The van der Waals surface area contributed by atoms with Gasteiger partial charge in [-0.15, -0.1) is 0 Å². The lowest BCUT2D eigenvalue weighted by atomic mass is 10.1. The van der Waals surface area contributed by atoms with Gasteiger partial charge in [0.15, 0.2) is 11.6 Å². The van der Waals surface area contributed by atoms with Crippen molar-refractivity contribution < 1.29 is 18.7 Å². The number of carbonyl (C=O) groups is 2. The number of hydrogen-bond donors (Lipinski definition) is 1. The number of hydrogen-bond acceptors (Lipinski definition) is 4. The molecule has 0 aliphatic carbocycles. The van der Waals surface area contributed by atoms with Gasteiger partial charge in [-0.1, -0.05) is 0 Å². The summed E-state index contributed by atoms with van der Waals surface area (Å²) in [5.41, 5.74) is -0.836. The van der Waals surface area contributed by atoms with Crippen molar-refractivity contribution in [2.75, 3.05) is 0 Å². The van der Waals surface area contributed by atoms with E-state index < -0.39 is 23.3 Å². The van der Waals surface area contributed by atoms with Crippen LogP contribution in [0, 0.1) is 12.7 Å². The number of ketones is 1. The molecule has 1 N–H and O–H groups in total. The summed E-state index contributed by atoms with van der Waals surface area (Å²) in [7, 11) is 0. The number of Topliss-reactive ketones (excluding diaryl/α,β-unsaturated/α-hetero) is 1. The summed E-state index contributed by atoms with van der Waals surface area (Å²) in [6, 6.07) is 1.24. The predicted molar refractivity (Wildman–Crippen MR) is 67.0 cm³/mol. The standard InChI is InChI=1S/C13H16FN2O3/c1-8(17)9-5-6-15-10(11(9)14)7-16-12(18)19-13(2,3)4/h5-6H,1,7H2,2-4H3,(H,16,18). The number of carbonyl (C=O) groups excluding carboxylic acids is 2. The van der Waals surface area contributed by atoms with Gasteiger partial charge < -0.3 is 10.1 Å². The van der Waals surface area contributed by atoms with Crippen LogP contribution in [-0.4, -0.2) is 22.5 Å². The maximum atomic E-state index is 13.8. The first-order valence-corrected chi connectivity index (χ1v) is 5.67. The van der Waals surface area contributed by atoms with Crippen LogP contribution in [0.2, 0.25) is 0 Å². The second kappa shape index (κ2) is 5.77. The number of amides is 1. The molecule has 0 aromatic carbocycles. The van der Waals surface area contributed by atoms with Gasteiger partial charge in [-0.2, -0.15) is 0 Å². The van der Waals surface area contributed by atoms with Gasteiger partial charge in [0, 0.05) is 13.1 Å². The highest BCUT2D eigenvalue weighted by Gasteiger charge is 2.17. The summed E-state index contributed by atoms with van der Waals surface area (Å²) in [6.45, 7) is 8.12. The molecule has 1 aromatic heterocycles. The van der Waals surface area contributed by atoms with E-state index >= 15 is 0 Å². The molecule has 0 saturated carbocycles. The van der Waals surface area contributed by atoms with Crippen LogP contribution in [-0.2, 0) is 11.3 Å². The van der Waals surface area contributed by atoms with Crippen LogP contribution >= 0.6 is 0 Å². The Labute approximate surface area is 111 Å². The van der Waals surface area contributed by atoms with Crippen molar-refractivity contribution in [1.29, 1.82) is 0 Å². The number of nitrogens with zero attached hydrogens (tertiary/aromatic N) is 1. The van der Waals surface area contributed by atoms with Gasteiger partial charge in [-0.25, -0.2) is 9.18 Å². The van der Waals surface area contributed by atoms with Gasteiger partial charge in [0.25, 0.3) is 0 Å². The van der Waals surface area contributed by atoms with Gasteiger partial charge >= 0.3 is 6.09 Å². The Morgan fingerprint density at radius 2 is 2.11 bits per heavy atom. The Balaban J connectivity index is 2.71. The molecular formula is C13H16FN2O3. The highest BCUT2D eigenvalue weighted by molar-refractivity contribution is 5.99. The van der Waals surface area contributed by atoms with Crippen LogP contribution in [0.25, 0.3) is 0 Å². The van der Waals surface area contributed by atoms with Crippen molar-refractivity contribution in [3.63, 3.8) is 0 Å². The number of halogens is 1. The number of pyridine rings is 1. The molecule has 1 rings (SSSR count). The van der Waals surface area contributed by atoms with E-state index in [1.54, 1.807) is 20.8 Å². The molecule has 1 radical (unpaired) electrons. The Bertz CT molecular complexity index is 495. The molecular weight excluding hydrogens is 251 g/mol. The molecule has 0 saturated heterocycles. The quantitative estimate of drug-likeness (QED) is 0.853. The van der Waals surface area contributed by atoms with E-state index in [1.165, 1.54) is 12.3 Å². The summed E-state index contributed by atoms with van der Waals surface area (Å²) in [5.74, 6) is -1.42. The lowest BCUT2D eigenvalue weighted by molar-refractivity contribution is 0.0522. The van der Waals surface area contributed by atoms with Crippen LogP contribution in [0.5, 0.6) is 0 Å². The molecule has 0 fully saturated rings. The van der Waals surface area contributed by atoms with Crippen molar-refractivity contribution in [2.24, 2.45) is 0 Å². The molecule has 0 spiro atoms. The third-order valence-electron chi connectivity index (χ3n) is 2.06. The first-order chi connectivity index (χ1) is 8.70. The number of alkyl carbamates (subject to hydrolysis) is 1. The highest BCUT2D eigenvalue weighted by Crippen LogP contribution is 2.11. The van der Waals surface area contributed by atoms with E-state index in [0.29, 0.717) is 0 Å². The van der Waals surface area contributed by atoms with E-state index in [2.05, 4.69) is 17.2 Å². The van der Waals surface area contributed by atoms with E-state index in [-0.39, 0.29) is 17.8 Å². The van der Waals surface area contributed by atoms with Crippen molar-refractivity contribution in [1.82, 2.24) is 10.3 Å². The average molecular weight is 267 g/mol. The van der Waals surface area contributed by atoms with Crippen molar-refractivity contribution in [3.8, 4) is 0 Å². The largest absolute Gasteiger partial charge is 0.444 e. The summed E-state index contributed by atoms with van der Waals surface area (Å²) >= 11 is 0. The van der Waals surface area contributed by atoms with Gasteiger partial charge in [0.05, 0.1) is 17.8 Å².